The number of para-hydroxylation sites is 2. The van der Waals surface area contributed by atoms with Crippen LogP contribution in [0.3, 0.4) is 0 Å². The second kappa shape index (κ2) is 15.6. The fourth-order valence-electron chi connectivity index (χ4n) is 4.60. The molecule has 0 aliphatic heterocycles. The van der Waals surface area contributed by atoms with Crippen molar-refractivity contribution in [3.05, 3.63) is 95.0 Å². The quantitative estimate of drug-likeness (QED) is 0.246. The lowest BCUT2D eigenvalue weighted by Gasteiger charge is -2.33. The minimum atomic E-state index is -3.66. The lowest BCUT2D eigenvalue weighted by Crippen LogP contribution is -2.52. The van der Waals surface area contributed by atoms with E-state index in [4.69, 9.17) is 16.3 Å². The van der Waals surface area contributed by atoms with Crippen LogP contribution in [0.25, 0.3) is 0 Å². The molecule has 0 bridgehead atoms. The third-order valence-corrected chi connectivity index (χ3v) is 8.48. The van der Waals surface area contributed by atoms with Gasteiger partial charge in [0.15, 0.2) is 0 Å². The minimum Gasteiger partial charge on any atom is -0.495 e. The van der Waals surface area contributed by atoms with Crippen LogP contribution in [0.1, 0.15) is 44.2 Å². The Bertz CT molecular complexity index is 1420. The van der Waals surface area contributed by atoms with E-state index in [-0.39, 0.29) is 43.8 Å². The molecule has 0 fully saturated rings. The molecule has 0 saturated heterocycles. The topological polar surface area (TPSA) is 96.0 Å². The first kappa shape index (κ1) is 32.9. The highest BCUT2D eigenvalue weighted by molar-refractivity contribution is 7.92. The first-order valence-corrected chi connectivity index (χ1v) is 16.2. The number of ether oxygens (including phenoxy) is 1. The van der Waals surface area contributed by atoms with Crippen molar-refractivity contribution in [3.63, 3.8) is 0 Å². The molecule has 0 radical (unpaired) electrons. The van der Waals surface area contributed by atoms with Crippen LogP contribution in [0.4, 0.5) is 5.69 Å². The fourth-order valence-corrected chi connectivity index (χ4v) is 5.69. The van der Waals surface area contributed by atoms with Gasteiger partial charge >= 0.3 is 0 Å². The van der Waals surface area contributed by atoms with Crippen LogP contribution in [0.15, 0.2) is 78.9 Å². The van der Waals surface area contributed by atoms with Gasteiger partial charge in [0.05, 0.1) is 19.1 Å². The van der Waals surface area contributed by atoms with Crippen LogP contribution in [0, 0.1) is 0 Å². The van der Waals surface area contributed by atoms with Crippen molar-refractivity contribution in [3.8, 4) is 5.75 Å². The summed E-state index contributed by atoms with van der Waals surface area (Å²) in [7, 11) is -2.18. The molecular formula is C32H40ClN3O5S. The Morgan fingerprint density at radius 3 is 2.21 bits per heavy atom. The lowest BCUT2D eigenvalue weighted by molar-refractivity contribution is -0.141. The highest BCUT2D eigenvalue weighted by Crippen LogP contribution is 2.30. The van der Waals surface area contributed by atoms with Gasteiger partial charge in [-0.2, -0.15) is 0 Å². The molecule has 0 unspecified atom stereocenters. The normalized spacial score (nSPS) is 12.7. The minimum absolute atomic E-state index is 0.0384. The van der Waals surface area contributed by atoms with Crippen LogP contribution in [0.5, 0.6) is 5.75 Å². The van der Waals surface area contributed by atoms with Crippen LogP contribution >= 0.6 is 11.6 Å². The van der Waals surface area contributed by atoms with E-state index in [0.29, 0.717) is 22.9 Å². The van der Waals surface area contributed by atoms with Gasteiger partial charge in [0.25, 0.3) is 0 Å². The SMILES string of the molecule is CC[C@@H](C)NC(=O)[C@@H](Cc1ccccc1)N(Cc1ccc(Cl)cc1)C(=O)CCCN(c1ccccc1OC)S(C)(=O)=O. The average molecular weight is 614 g/mol. The van der Waals surface area contributed by atoms with E-state index in [0.717, 1.165) is 23.8 Å². The maximum atomic E-state index is 13.9. The number of hydrogen-bond donors (Lipinski definition) is 1. The summed E-state index contributed by atoms with van der Waals surface area (Å²) in [5.74, 6) is -0.0655. The van der Waals surface area contributed by atoms with Gasteiger partial charge in [0, 0.05) is 37.0 Å². The predicted octanol–water partition coefficient (Wildman–Crippen LogP) is 5.45. The molecule has 0 heterocycles. The average Bonchev–Trinajstić information content (AvgIpc) is 2.97. The number of nitrogens with zero attached hydrogens (tertiary/aromatic N) is 2. The van der Waals surface area contributed by atoms with Crippen LogP contribution < -0.4 is 14.4 Å². The van der Waals surface area contributed by atoms with E-state index in [1.165, 1.54) is 11.4 Å². The number of methoxy groups -OCH3 is 1. The Hall–Kier alpha value is -3.56. The number of rotatable bonds is 15. The molecule has 8 nitrogen and oxygen atoms in total. The number of hydrogen-bond acceptors (Lipinski definition) is 5. The van der Waals surface area contributed by atoms with E-state index in [9.17, 15) is 18.0 Å². The monoisotopic (exact) mass is 613 g/mol. The third-order valence-electron chi connectivity index (χ3n) is 7.04. The van der Waals surface area contributed by atoms with E-state index >= 15 is 0 Å². The van der Waals surface area contributed by atoms with Crippen molar-refractivity contribution in [1.82, 2.24) is 10.2 Å². The zero-order valence-corrected chi connectivity index (χ0v) is 26.2. The largest absolute Gasteiger partial charge is 0.495 e. The number of carbonyl (C=O) groups is 2. The van der Waals surface area contributed by atoms with Gasteiger partial charge in [-0.1, -0.05) is 73.1 Å². The number of anilines is 1. The summed E-state index contributed by atoms with van der Waals surface area (Å²) in [6, 6.07) is 22.8. The van der Waals surface area contributed by atoms with Gasteiger partial charge in [-0.15, -0.1) is 0 Å². The van der Waals surface area contributed by atoms with E-state index < -0.39 is 16.1 Å². The molecule has 2 atom stereocenters. The molecule has 3 aromatic carbocycles. The summed E-state index contributed by atoms with van der Waals surface area (Å²) in [4.78, 5) is 29.2. The Balaban J connectivity index is 1.90. The Morgan fingerprint density at radius 2 is 1.60 bits per heavy atom. The molecule has 226 valence electrons. The smallest absolute Gasteiger partial charge is 0.243 e. The Morgan fingerprint density at radius 1 is 0.952 bits per heavy atom. The van der Waals surface area contributed by atoms with Crippen LogP contribution in [-0.2, 0) is 32.6 Å². The summed E-state index contributed by atoms with van der Waals surface area (Å²) >= 11 is 6.10. The number of amides is 2. The fraction of sp³-hybridized carbons (Fsp3) is 0.375. The molecule has 0 aromatic heterocycles. The Kier molecular flexibility index (Phi) is 12.2. The predicted molar refractivity (Wildman–Crippen MR) is 168 cm³/mol. The Labute approximate surface area is 254 Å². The molecule has 42 heavy (non-hydrogen) atoms. The zero-order chi connectivity index (χ0) is 30.7. The molecule has 0 aliphatic rings. The third kappa shape index (κ3) is 9.49. The lowest BCUT2D eigenvalue weighted by atomic mass is 10.0. The molecular weight excluding hydrogens is 574 g/mol. The molecule has 10 heteroatoms. The van der Waals surface area contributed by atoms with Crippen molar-refractivity contribution in [2.24, 2.45) is 0 Å². The number of sulfonamides is 1. The number of halogens is 1. The van der Waals surface area contributed by atoms with Crippen molar-refractivity contribution >= 4 is 39.1 Å². The van der Waals surface area contributed by atoms with Crippen molar-refractivity contribution in [1.29, 1.82) is 0 Å². The number of carbonyl (C=O) groups excluding carboxylic acids is 2. The van der Waals surface area contributed by atoms with Crippen LogP contribution in [-0.4, -0.2) is 57.1 Å². The van der Waals surface area contributed by atoms with Crippen molar-refractivity contribution in [2.75, 3.05) is 24.2 Å². The molecule has 3 aromatic rings. The summed E-state index contributed by atoms with van der Waals surface area (Å²) in [5.41, 5.74) is 2.16. The van der Waals surface area contributed by atoms with Gasteiger partial charge in [0.2, 0.25) is 21.8 Å². The highest BCUT2D eigenvalue weighted by atomic mass is 35.5. The van der Waals surface area contributed by atoms with E-state index in [1.54, 1.807) is 41.3 Å². The van der Waals surface area contributed by atoms with Gasteiger partial charge in [-0.3, -0.25) is 13.9 Å². The standard InChI is InChI=1S/C32H40ClN3O5S/c1-5-24(2)34-32(38)29(22-25-12-7-6-8-13-25)35(23-26-17-19-27(33)20-18-26)31(37)16-11-21-36(42(4,39)40)28-14-9-10-15-30(28)41-3/h6-10,12-15,17-20,24,29H,5,11,16,21-23H2,1-4H3,(H,34,38)/t24-,29-/m1/s1. The molecule has 1 N–H and O–H groups in total. The summed E-state index contributed by atoms with van der Waals surface area (Å²) in [5, 5.41) is 3.63. The van der Waals surface area contributed by atoms with Gasteiger partial charge in [0.1, 0.15) is 11.8 Å². The van der Waals surface area contributed by atoms with E-state index in [1.807, 2.05) is 56.3 Å². The molecule has 0 spiro atoms. The maximum absolute atomic E-state index is 13.9. The van der Waals surface area contributed by atoms with Crippen molar-refractivity contribution < 1.29 is 22.7 Å². The van der Waals surface area contributed by atoms with Gasteiger partial charge < -0.3 is 15.0 Å². The summed E-state index contributed by atoms with van der Waals surface area (Å²) in [6.07, 6.45) is 2.49. The summed E-state index contributed by atoms with van der Waals surface area (Å²) in [6.45, 7) is 4.19. The maximum Gasteiger partial charge on any atom is 0.243 e. The molecule has 3 rings (SSSR count). The van der Waals surface area contributed by atoms with Gasteiger partial charge in [-0.25, -0.2) is 8.42 Å². The van der Waals surface area contributed by atoms with E-state index in [2.05, 4.69) is 5.32 Å². The van der Waals surface area contributed by atoms with Gasteiger partial charge in [-0.05, 0) is 55.2 Å². The zero-order valence-electron chi connectivity index (χ0n) is 24.6. The van der Waals surface area contributed by atoms with Crippen LogP contribution in [0.2, 0.25) is 5.02 Å². The molecule has 0 aliphatic carbocycles. The number of benzene rings is 3. The highest BCUT2D eigenvalue weighted by Gasteiger charge is 2.31. The first-order chi connectivity index (χ1) is 20.0. The summed E-state index contributed by atoms with van der Waals surface area (Å²) < 4.78 is 32.1. The van der Waals surface area contributed by atoms with Crippen molar-refractivity contribution in [2.45, 2.75) is 58.2 Å². The second-order valence-corrected chi connectivity index (χ2v) is 12.6. The first-order valence-electron chi connectivity index (χ1n) is 14.0. The molecule has 2 amide bonds. The number of nitrogens with one attached hydrogen (secondary N) is 1. The second-order valence-electron chi connectivity index (χ2n) is 10.3. The molecule has 0 saturated carbocycles.